The molecule has 0 radical (unpaired) electrons. The standard InChI is InChI=1S/C16H22N2O4S/c19-23(20,15-3-4-16-12(8-15)5-7-21-16)17-9-14-10-18-6-1-2-13(18)11-22-14/h3-4,8,13-14,17H,1-2,5-7,9-11H2/t13-,14-/m1/s1. The van der Waals surface area contributed by atoms with E-state index in [0.717, 1.165) is 30.8 Å². The van der Waals surface area contributed by atoms with Crippen LogP contribution in [0.3, 0.4) is 0 Å². The minimum absolute atomic E-state index is 0.0723. The van der Waals surface area contributed by atoms with E-state index in [1.54, 1.807) is 18.2 Å². The van der Waals surface area contributed by atoms with Crippen LogP contribution in [0.4, 0.5) is 0 Å². The number of benzene rings is 1. The van der Waals surface area contributed by atoms with Crippen LogP contribution in [-0.4, -0.2) is 58.3 Å². The maximum absolute atomic E-state index is 12.5. The largest absolute Gasteiger partial charge is 0.493 e. The molecule has 4 rings (SSSR count). The summed E-state index contributed by atoms with van der Waals surface area (Å²) in [6, 6.07) is 5.58. The van der Waals surface area contributed by atoms with E-state index in [1.807, 2.05) is 0 Å². The SMILES string of the molecule is O=S(=O)(NC[C@@H]1CN2CCC[C@@H]2CO1)c1ccc2c(c1)CCO2. The number of nitrogens with zero attached hydrogens (tertiary/aromatic N) is 1. The zero-order valence-corrected chi connectivity index (χ0v) is 13.8. The molecule has 23 heavy (non-hydrogen) atoms. The maximum Gasteiger partial charge on any atom is 0.240 e. The first-order valence-corrected chi connectivity index (χ1v) is 9.71. The van der Waals surface area contributed by atoms with Gasteiger partial charge in [-0.15, -0.1) is 0 Å². The van der Waals surface area contributed by atoms with Crippen molar-refractivity contribution in [2.45, 2.75) is 36.3 Å². The third kappa shape index (κ3) is 3.10. The fourth-order valence-electron chi connectivity index (χ4n) is 3.63. The van der Waals surface area contributed by atoms with Crippen LogP contribution in [0.1, 0.15) is 18.4 Å². The molecule has 0 saturated carbocycles. The number of hydrogen-bond acceptors (Lipinski definition) is 5. The third-order valence-corrected chi connectivity index (χ3v) is 6.36. The lowest BCUT2D eigenvalue weighted by Crippen LogP contribution is -2.50. The van der Waals surface area contributed by atoms with Crippen LogP contribution in [0.15, 0.2) is 23.1 Å². The van der Waals surface area contributed by atoms with Gasteiger partial charge in [0.25, 0.3) is 0 Å². The summed E-state index contributed by atoms with van der Waals surface area (Å²) >= 11 is 0. The maximum atomic E-state index is 12.5. The Bertz CT molecular complexity index is 691. The van der Waals surface area contributed by atoms with Gasteiger partial charge in [-0.1, -0.05) is 0 Å². The Morgan fingerprint density at radius 2 is 2.26 bits per heavy atom. The Morgan fingerprint density at radius 1 is 1.35 bits per heavy atom. The van der Waals surface area contributed by atoms with E-state index < -0.39 is 10.0 Å². The molecule has 2 saturated heterocycles. The predicted molar refractivity (Wildman–Crippen MR) is 85.2 cm³/mol. The molecule has 0 aromatic heterocycles. The van der Waals surface area contributed by atoms with Gasteiger partial charge in [0.1, 0.15) is 5.75 Å². The molecule has 1 aromatic carbocycles. The van der Waals surface area contributed by atoms with Crippen molar-refractivity contribution in [3.63, 3.8) is 0 Å². The van der Waals surface area contributed by atoms with Gasteiger partial charge in [-0.2, -0.15) is 0 Å². The molecule has 1 aromatic rings. The smallest absolute Gasteiger partial charge is 0.240 e. The second kappa shape index (κ2) is 6.05. The zero-order chi connectivity index (χ0) is 15.9. The summed E-state index contributed by atoms with van der Waals surface area (Å²) in [7, 11) is -3.51. The molecular weight excluding hydrogens is 316 g/mol. The number of morpholine rings is 1. The van der Waals surface area contributed by atoms with Crippen molar-refractivity contribution in [2.75, 3.05) is 32.8 Å². The highest BCUT2D eigenvalue weighted by Gasteiger charge is 2.32. The summed E-state index contributed by atoms with van der Waals surface area (Å²) in [5.41, 5.74) is 0.960. The number of nitrogens with one attached hydrogen (secondary N) is 1. The normalized spacial score (nSPS) is 27.5. The molecule has 3 heterocycles. The highest BCUT2D eigenvalue weighted by atomic mass is 32.2. The van der Waals surface area contributed by atoms with Crippen molar-refractivity contribution < 1.29 is 17.9 Å². The molecule has 0 spiro atoms. The predicted octanol–water partition coefficient (Wildman–Crippen LogP) is 0.763. The lowest BCUT2D eigenvalue weighted by molar-refractivity contribution is -0.0449. The summed E-state index contributed by atoms with van der Waals surface area (Å²) in [5.74, 6) is 0.791. The van der Waals surface area contributed by atoms with Gasteiger partial charge < -0.3 is 9.47 Å². The van der Waals surface area contributed by atoms with Crippen molar-refractivity contribution in [3.8, 4) is 5.75 Å². The van der Waals surface area contributed by atoms with Gasteiger partial charge in [0, 0.05) is 25.6 Å². The molecule has 1 N–H and O–H groups in total. The fourth-order valence-corrected chi connectivity index (χ4v) is 4.74. The van der Waals surface area contributed by atoms with Crippen molar-refractivity contribution in [1.82, 2.24) is 9.62 Å². The van der Waals surface area contributed by atoms with E-state index in [-0.39, 0.29) is 6.10 Å². The number of fused-ring (bicyclic) bond motifs is 2. The lowest BCUT2D eigenvalue weighted by atomic mass is 10.2. The number of ether oxygens (including phenoxy) is 2. The molecule has 0 bridgehead atoms. The van der Waals surface area contributed by atoms with E-state index in [9.17, 15) is 8.42 Å². The lowest BCUT2D eigenvalue weighted by Gasteiger charge is -2.35. The van der Waals surface area contributed by atoms with E-state index in [1.165, 1.54) is 12.8 Å². The summed E-state index contributed by atoms with van der Waals surface area (Å²) in [6.45, 7) is 3.56. The van der Waals surface area contributed by atoms with Gasteiger partial charge in [-0.05, 0) is 43.1 Å². The highest BCUT2D eigenvalue weighted by Crippen LogP contribution is 2.27. The average molecular weight is 338 g/mol. The number of sulfonamides is 1. The minimum Gasteiger partial charge on any atom is -0.493 e. The van der Waals surface area contributed by atoms with Gasteiger partial charge in [0.05, 0.1) is 24.2 Å². The molecule has 2 fully saturated rings. The third-order valence-electron chi connectivity index (χ3n) is 4.93. The van der Waals surface area contributed by atoms with Gasteiger partial charge in [-0.25, -0.2) is 13.1 Å². The van der Waals surface area contributed by atoms with E-state index in [2.05, 4.69) is 9.62 Å². The molecule has 7 heteroatoms. The van der Waals surface area contributed by atoms with Crippen LogP contribution in [0.5, 0.6) is 5.75 Å². The summed E-state index contributed by atoms with van der Waals surface area (Å²) in [4.78, 5) is 2.71. The van der Waals surface area contributed by atoms with Crippen LogP contribution in [0.25, 0.3) is 0 Å². The second-order valence-corrected chi connectivity index (χ2v) is 8.23. The van der Waals surface area contributed by atoms with E-state index in [0.29, 0.717) is 30.7 Å². The molecule has 2 atom stereocenters. The van der Waals surface area contributed by atoms with Crippen molar-refractivity contribution in [2.24, 2.45) is 0 Å². The van der Waals surface area contributed by atoms with Crippen molar-refractivity contribution >= 4 is 10.0 Å². The Labute approximate surface area is 136 Å². The minimum atomic E-state index is -3.51. The highest BCUT2D eigenvalue weighted by molar-refractivity contribution is 7.89. The van der Waals surface area contributed by atoms with Crippen molar-refractivity contribution in [1.29, 1.82) is 0 Å². The first-order valence-electron chi connectivity index (χ1n) is 8.23. The fraction of sp³-hybridized carbons (Fsp3) is 0.625. The summed E-state index contributed by atoms with van der Waals surface area (Å²) in [5, 5.41) is 0. The average Bonchev–Trinajstić information content (AvgIpc) is 3.20. The monoisotopic (exact) mass is 338 g/mol. The Kier molecular flexibility index (Phi) is 4.05. The number of rotatable bonds is 4. The van der Waals surface area contributed by atoms with Gasteiger partial charge in [-0.3, -0.25) is 4.90 Å². The first-order chi connectivity index (χ1) is 11.1. The summed E-state index contributed by atoms with van der Waals surface area (Å²) in [6.07, 6.45) is 3.09. The Morgan fingerprint density at radius 3 is 3.17 bits per heavy atom. The quantitative estimate of drug-likeness (QED) is 0.878. The van der Waals surface area contributed by atoms with Gasteiger partial charge in [0.2, 0.25) is 10.0 Å². The Balaban J connectivity index is 1.40. The van der Waals surface area contributed by atoms with Gasteiger partial charge >= 0.3 is 0 Å². The van der Waals surface area contributed by atoms with Gasteiger partial charge in [0.15, 0.2) is 0 Å². The molecule has 0 amide bonds. The van der Waals surface area contributed by atoms with Crippen LogP contribution < -0.4 is 9.46 Å². The second-order valence-electron chi connectivity index (χ2n) is 6.47. The molecule has 0 unspecified atom stereocenters. The van der Waals surface area contributed by atoms with Crippen LogP contribution in [0.2, 0.25) is 0 Å². The van der Waals surface area contributed by atoms with Crippen LogP contribution >= 0.6 is 0 Å². The Hall–Kier alpha value is -1.15. The first kappa shape index (κ1) is 15.4. The molecular formula is C16H22N2O4S. The van der Waals surface area contributed by atoms with E-state index >= 15 is 0 Å². The van der Waals surface area contributed by atoms with Crippen LogP contribution in [0, 0.1) is 0 Å². The zero-order valence-electron chi connectivity index (χ0n) is 13.0. The molecule has 3 aliphatic heterocycles. The molecule has 6 nitrogen and oxygen atoms in total. The topological polar surface area (TPSA) is 67.9 Å². The molecule has 3 aliphatic rings. The number of hydrogen-bond donors (Lipinski definition) is 1. The molecule has 0 aliphatic carbocycles. The summed E-state index contributed by atoms with van der Waals surface area (Å²) < 4.78 is 38.9. The van der Waals surface area contributed by atoms with Crippen LogP contribution in [-0.2, 0) is 21.2 Å². The molecule has 126 valence electrons. The van der Waals surface area contributed by atoms with E-state index in [4.69, 9.17) is 9.47 Å². The van der Waals surface area contributed by atoms with Crippen molar-refractivity contribution in [3.05, 3.63) is 23.8 Å².